The number of Topliss-reactive ketones (excluding diaryl/α,β-unsaturated/α-hetero) is 1. The van der Waals surface area contributed by atoms with Gasteiger partial charge >= 0.3 is 5.69 Å². The largest absolute Gasteiger partial charge is 0.384 e. The first kappa shape index (κ1) is 22.2. The zero-order valence-electron chi connectivity index (χ0n) is 18.3. The van der Waals surface area contributed by atoms with Gasteiger partial charge in [-0.15, -0.1) is 0 Å². The summed E-state index contributed by atoms with van der Waals surface area (Å²) in [5, 5.41) is 0. The molecule has 0 spiro atoms. The minimum absolute atomic E-state index is 0.00196. The van der Waals surface area contributed by atoms with Gasteiger partial charge in [-0.05, 0) is 32.0 Å². The van der Waals surface area contributed by atoms with Crippen molar-refractivity contribution in [2.75, 3.05) is 19.3 Å². The lowest BCUT2D eigenvalue weighted by molar-refractivity contribution is 0.0922. The highest BCUT2D eigenvalue weighted by Crippen LogP contribution is 2.20. The van der Waals surface area contributed by atoms with Crippen LogP contribution in [0.5, 0.6) is 0 Å². The zero-order valence-corrected chi connectivity index (χ0v) is 18.3. The van der Waals surface area contributed by atoms with E-state index < -0.39 is 17.0 Å². The molecule has 0 amide bonds. The number of nitrogen functional groups attached to an aromatic ring is 1. The number of hydrogen-bond donors (Lipinski definition) is 1. The van der Waals surface area contributed by atoms with Crippen LogP contribution in [0.2, 0.25) is 0 Å². The minimum atomic E-state index is -0.673. The van der Waals surface area contributed by atoms with Crippen molar-refractivity contribution in [3.8, 4) is 0 Å². The number of nitrogens with two attached hydrogens (primary N) is 1. The molecule has 0 aliphatic rings. The molecule has 2 aromatic carbocycles. The van der Waals surface area contributed by atoms with E-state index in [0.717, 1.165) is 21.3 Å². The van der Waals surface area contributed by atoms with E-state index in [-0.39, 0.29) is 30.5 Å². The average molecular weight is 421 g/mol. The quantitative estimate of drug-likeness (QED) is 0.593. The number of rotatable bonds is 7. The van der Waals surface area contributed by atoms with Gasteiger partial charge in [0, 0.05) is 13.1 Å². The SMILES string of the molecule is Cc1ccc(C(C)N(C)CC(=O)c2c(N)n(Cc3ccccc3)c(=O)n(C)c2=O)cc1. The van der Waals surface area contributed by atoms with Crippen molar-refractivity contribution in [1.29, 1.82) is 0 Å². The third-order valence-corrected chi connectivity index (χ3v) is 5.66. The highest BCUT2D eigenvalue weighted by atomic mass is 16.2. The molecule has 1 atom stereocenters. The van der Waals surface area contributed by atoms with Crippen LogP contribution < -0.4 is 17.0 Å². The number of carbonyl (C=O) groups excluding carboxylic acids is 1. The van der Waals surface area contributed by atoms with Gasteiger partial charge in [-0.2, -0.15) is 0 Å². The molecule has 0 fully saturated rings. The number of likely N-dealkylation sites (N-methyl/N-ethyl adjacent to an activating group) is 1. The summed E-state index contributed by atoms with van der Waals surface area (Å²) in [5.41, 5.74) is 7.89. The topological polar surface area (TPSA) is 90.3 Å². The van der Waals surface area contributed by atoms with Crippen molar-refractivity contribution < 1.29 is 4.79 Å². The van der Waals surface area contributed by atoms with Gasteiger partial charge in [-0.3, -0.25) is 23.6 Å². The fourth-order valence-corrected chi connectivity index (χ4v) is 3.51. The normalized spacial score (nSPS) is 12.2. The van der Waals surface area contributed by atoms with E-state index in [1.807, 2.05) is 80.4 Å². The minimum Gasteiger partial charge on any atom is -0.384 e. The van der Waals surface area contributed by atoms with Gasteiger partial charge in [0.15, 0.2) is 5.78 Å². The summed E-state index contributed by atoms with van der Waals surface area (Å²) in [6.07, 6.45) is 0. The molecule has 162 valence electrons. The number of aromatic nitrogens is 2. The van der Waals surface area contributed by atoms with Gasteiger partial charge < -0.3 is 5.73 Å². The maximum absolute atomic E-state index is 13.1. The van der Waals surface area contributed by atoms with Gasteiger partial charge in [0.1, 0.15) is 11.4 Å². The molecule has 1 heterocycles. The van der Waals surface area contributed by atoms with E-state index in [9.17, 15) is 14.4 Å². The first-order chi connectivity index (χ1) is 14.7. The van der Waals surface area contributed by atoms with Crippen molar-refractivity contribution in [2.45, 2.75) is 26.4 Å². The molecule has 0 bridgehead atoms. The van der Waals surface area contributed by atoms with E-state index in [2.05, 4.69) is 0 Å². The van der Waals surface area contributed by atoms with Gasteiger partial charge in [0.2, 0.25) is 0 Å². The van der Waals surface area contributed by atoms with Crippen LogP contribution in [0, 0.1) is 6.92 Å². The first-order valence-electron chi connectivity index (χ1n) is 10.1. The van der Waals surface area contributed by atoms with Crippen LogP contribution in [-0.4, -0.2) is 33.4 Å². The van der Waals surface area contributed by atoms with E-state index in [4.69, 9.17) is 5.73 Å². The molecular weight excluding hydrogens is 392 g/mol. The maximum atomic E-state index is 13.1. The Morgan fingerprint density at radius 1 is 1.06 bits per heavy atom. The van der Waals surface area contributed by atoms with Crippen molar-refractivity contribution in [3.63, 3.8) is 0 Å². The van der Waals surface area contributed by atoms with Crippen LogP contribution in [0.4, 0.5) is 5.82 Å². The lowest BCUT2D eigenvalue weighted by Crippen LogP contribution is -2.44. The van der Waals surface area contributed by atoms with Gasteiger partial charge in [0.25, 0.3) is 5.56 Å². The second-order valence-corrected chi connectivity index (χ2v) is 7.90. The molecular formula is C24H28N4O3. The fourth-order valence-electron chi connectivity index (χ4n) is 3.51. The fraction of sp³-hybridized carbons (Fsp3) is 0.292. The second kappa shape index (κ2) is 9.14. The molecule has 1 unspecified atom stereocenters. The average Bonchev–Trinajstić information content (AvgIpc) is 2.76. The maximum Gasteiger partial charge on any atom is 0.332 e. The lowest BCUT2D eigenvalue weighted by atomic mass is 10.0. The third kappa shape index (κ3) is 4.67. The molecule has 2 N–H and O–H groups in total. The van der Waals surface area contributed by atoms with E-state index in [0.29, 0.717) is 0 Å². The lowest BCUT2D eigenvalue weighted by Gasteiger charge is -2.25. The Bertz CT molecular complexity index is 1190. The van der Waals surface area contributed by atoms with Crippen LogP contribution in [-0.2, 0) is 13.6 Å². The number of ketones is 1. The number of benzene rings is 2. The number of carbonyl (C=O) groups is 1. The second-order valence-electron chi connectivity index (χ2n) is 7.90. The van der Waals surface area contributed by atoms with E-state index in [1.165, 1.54) is 11.6 Å². The predicted molar refractivity (Wildman–Crippen MR) is 122 cm³/mol. The van der Waals surface area contributed by atoms with Crippen LogP contribution in [0.25, 0.3) is 0 Å². The molecule has 0 aliphatic carbocycles. The Morgan fingerprint density at radius 3 is 2.29 bits per heavy atom. The number of aryl methyl sites for hydroxylation is 1. The predicted octanol–water partition coefficient (Wildman–Crippen LogP) is 2.36. The number of nitrogens with zero attached hydrogens (tertiary/aromatic N) is 3. The van der Waals surface area contributed by atoms with Gasteiger partial charge in [0.05, 0.1) is 13.1 Å². The standard InChI is InChI=1S/C24H28N4O3/c1-16-10-12-19(13-11-16)17(2)26(3)15-20(29)21-22(25)28(24(31)27(4)23(21)30)14-18-8-6-5-7-9-18/h5-13,17H,14-15,25H2,1-4H3. The molecule has 3 rings (SSSR count). The zero-order chi connectivity index (χ0) is 22.7. The summed E-state index contributed by atoms with van der Waals surface area (Å²) in [6, 6.07) is 17.3. The Labute approximate surface area is 181 Å². The molecule has 1 aromatic heterocycles. The summed E-state index contributed by atoms with van der Waals surface area (Å²) in [6.45, 7) is 4.19. The van der Waals surface area contributed by atoms with Crippen molar-refractivity contribution in [2.24, 2.45) is 7.05 Å². The first-order valence-corrected chi connectivity index (χ1v) is 10.1. The summed E-state index contributed by atoms with van der Waals surface area (Å²) in [7, 11) is 3.18. The highest BCUT2D eigenvalue weighted by molar-refractivity contribution is 6.01. The Kier molecular flexibility index (Phi) is 6.56. The van der Waals surface area contributed by atoms with Crippen molar-refractivity contribution in [3.05, 3.63) is 97.7 Å². The van der Waals surface area contributed by atoms with Crippen LogP contribution in [0.1, 0.15) is 40.0 Å². The van der Waals surface area contributed by atoms with Crippen LogP contribution in [0.3, 0.4) is 0 Å². The van der Waals surface area contributed by atoms with E-state index >= 15 is 0 Å². The molecule has 31 heavy (non-hydrogen) atoms. The van der Waals surface area contributed by atoms with Crippen molar-refractivity contribution >= 4 is 11.6 Å². The number of hydrogen-bond acceptors (Lipinski definition) is 5. The third-order valence-electron chi connectivity index (χ3n) is 5.66. The summed E-state index contributed by atoms with van der Waals surface area (Å²) in [4.78, 5) is 40.4. The Balaban J connectivity index is 1.92. The molecule has 7 nitrogen and oxygen atoms in total. The molecule has 0 aliphatic heterocycles. The molecule has 0 radical (unpaired) electrons. The summed E-state index contributed by atoms with van der Waals surface area (Å²) < 4.78 is 2.21. The Morgan fingerprint density at radius 2 is 1.68 bits per heavy atom. The summed E-state index contributed by atoms with van der Waals surface area (Å²) >= 11 is 0. The van der Waals surface area contributed by atoms with Crippen LogP contribution >= 0.6 is 0 Å². The Hall–Kier alpha value is -3.45. The smallest absolute Gasteiger partial charge is 0.332 e. The van der Waals surface area contributed by atoms with Gasteiger partial charge in [-0.25, -0.2) is 4.79 Å². The molecule has 3 aromatic rings. The molecule has 0 saturated carbocycles. The molecule has 7 heteroatoms. The summed E-state index contributed by atoms with van der Waals surface area (Å²) in [5.74, 6) is -0.514. The highest BCUT2D eigenvalue weighted by Gasteiger charge is 2.24. The van der Waals surface area contributed by atoms with Crippen molar-refractivity contribution in [1.82, 2.24) is 14.0 Å². The van der Waals surface area contributed by atoms with Crippen LogP contribution in [0.15, 0.2) is 64.2 Å². The monoisotopic (exact) mass is 420 g/mol. The van der Waals surface area contributed by atoms with Gasteiger partial charge in [-0.1, -0.05) is 60.2 Å². The molecule has 0 saturated heterocycles. The van der Waals surface area contributed by atoms with E-state index in [1.54, 1.807) is 0 Å². The number of anilines is 1.